The quantitative estimate of drug-likeness (QED) is 0.599. The van der Waals surface area contributed by atoms with Crippen molar-refractivity contribution in [1.82, 2.24) is 10.6 Å². The van der Waals surface area contributed by atoms with Crippen LogP contribution in [-0.4, -0.2) is 32.8 Å². The summed E-state index contributed by atoms with van der Waals surface area (Å²) in [4.78, 5) is 4.31. The summed E-state index contributed by atoms with van der Waals surface area (Å²) in [6.45, 7) is 3.50. The van der Waals surface area contributed by atoms with E-state index in [0.717, 1.165) is 29.4 Å². The van der Waals surface area contributed by atoms with E-state index in [0.29, 0.717) is 19.2 Å². The van der Waals surface area contributed by atoms with Crippen LogP contribution in [0.4, 0.5) is 0 Å². The van der Waals surface area contributed by atoms with E-state index in [1.165, 1.54) is 25.7 Å². The molecular formula is C18H29N3O2. The molecule has 0 unspecified atom stereocenters. The standard InChI is InChI=1S/C18H29N3O2/c1-4-11-23-16-10-9-14(12-17(16)22-3)13-20-18(19-2)21-15-7-5-6-8-15/h9-10,12,15H,4-8,11,13H2,1-3H3,(H2,19,20,21). The van der Waals surface area contributed by atoms with Crippen molar-refractivity contribution in [1.29, 1.82) is 0 Å². The highest BCUT2D eigenvalue weighted by Gasteiger charge is 2.15. The van der Waals surface area contributed by atoms with Crippen LogP contribution in [0.1, 0.15) is 44.6 Å². The van der Waals surface area contributed by atoms with Gasteiger partial charge in [0.05, 0.1) is 13.7 Å². The van der Waals surface area contributed by atoms with Crippen molar-refractivity contribution in [2.45, 2.75) is 51.6 Å². The summed E-state index contributed by atoms with van der Waals surface area (Å²) in [6.07, 6.45) is 6.07. The maximum Gasteiger partial charge on any atom is 0.191 e. The Kier molecular flexibility index (Phi) is 7.04. The molecule has 0 bridgehead atoms. The number of nitrogens with one attached hydrogen (secondary N) is 2. The number of aliphatic imine (C=N–C) groups is 1. The Bertz CT molecular complexity index is 511. The van der Waals surface area contributed by atoms with Gasteiger partial charge in [-0.3, -0.25) is 4.99 Å². The summed E-state index contributed by atoms with van der Waals surface area (Å²) in [5, 5.41) is 6.86. The van der Waals surface area contributed by atoms with Crippen LogP contribution in [0.2, 0.25) is 0 Å². The van der Waals surface area contributed by atoms with Gasteiger partial charge >= 0.3 is 0 Å². The van der Waals surface area contributed by atoms with Crippen molar-refractivity contribution in [2.75, 3.05) is 20.8 Å². The zero-order chi connectivity index (χ0) is 16.5. The van der Waals surface area contributed by atoms with Crippen molar-refractivity contribution in [2.24, 2.45) is 4.99 Å². The lowest BCUT2D eigenvalue weighted by molar-refractivity contribution is 0.294. The third-order valence-corrected chi connectivity index (χ3v) is 4.07. The molecule has 0 radical (unpaired) electrons. The van der Waals surface area contributed by atoms with Gasteiger partial charge in [-0.15, -0.1) is 0 Å². The van der Waals surface area contributed by atoms with Crippen molar-refractivity contribution in [3.63, 3.8) is 0 Å². The lowest BCUT2D eigenvalue weighted by atomic mass is 10.2. The number of methoxy groups -OCH3 is 1. The van der Waals surface area contributed by atoms with Gasteiger partial charge in [0.25, 0.3) is 0 Å². The lowest BCUT2D eigenvalue weighted by Gasteiger charge is -2.17. The molecule has 0 spiro atoms. The molecule has 0 aromatic heterocycles. The van der Waals surface area contributed by atoms with Gasteiger partial charge in [-0.05, 0) is 37.0 Å². The SMILES string of the molecule is CCCOc1ccc(CNC(=NC)NC2CCCC2)cc1OC. The largest absolute Gasteiger partial charge is 0.493 e. The fourth-order valence-corrected chi connectivity index (χ4v) is 2.80. The Morgan fingerprint density at radius 1 is 1.26 bits per heavy atom. The average Bonchev–Trinajstić information content (AvgIpc) is 3.10. The van der Waals surface area contributed by atoms with Crippen LogP contribution in [0.15, 0.2) is 23.2 Å². The van der Waals surface area contributed by atoms with Crippen LogP contribution < -0.4 is 20.1 Å². The van der Waals surface area contributed by atoms with Gasteiger partial charge < -0.3 is 20.1 Å². The zero-order valence-corrected chi connectivity index (χ0v) is 14.5. The van der Waals surface area contributed by atoms with E-state index >= 15 is 0 Å². The van der Waals surface area contributed by atoms with Gasteiger partial charge in [0.15, 0.2) is 17.5 Å². The normalized spacial score (nSPS) is 15.5. The Morgan fingerprint density at radius 2 is 2.04 bits per heavy atom. The Hall–Kier alpha value is -1.91. The summed E-state index contributed by atoms with van der Waals surface area (Å²) < 4.78 is 11.1. The number of guanidine groups is 1. The van der Waals surface area contributed by atoms with Crippen LogP contribution in [0.3, 0.4) is 0 Å². The van der Waals surface area contributed by atoms with Crippen LogP contribution >= 0.6 is 0 Å². The maximum absolute atomic E-state index is 5.69. The molecule has 23 heavy (non-hydrogen) atoms. The third kappa shape index (κ3) is 5.34. The molecule has 1 fully saturated rings. The second-order valence-electron chi connectivity index (χ2n) is 5.89. The predicted octanol–water partition coefficient (Wildman–Crippen LogP) is 3.09. The number of rotatable bonds is 7. The molecule has 1 saturated carbocycles. The number of ether oxygens (including phenoxy) is 2. The molecule has 5 nitrogen and oxygen atoms in total. The molecule has 1 aromatic carbocycles. The minimum absolute atomic E-state index is 0.556. The molecule has 128 valence electrons. The summed E-state index contributed by atoms with van der Waals surface area (Å²) in [7, 11) is 3.48. The van der Waals surface area contributed by atoms with Crippen LogP contribution in [0.25, 0.3) is 0 Å². The number of nitrogens with zero attached hydrogens (tertiary/aromatic N) is 1. The Balaban J connectivity index is 1.90. The van der Waals surface area contributed by atoms with Crippen molar-refractivity contribution in [3.8, 4) is 11.5 Å². The summed E-state index contributed by atoms with van der Waals surface area (Å²) in [5.41, 5.74) is 1.14. The van der Waals surface area contributed by atoms with E-state index in [1.54, 1.807) is 7.11 Å². The molecule has 0 atom stereocenters. The molecule has 1 aliphatic carbocycles. The van der Waals surface area contributed by atoms with E-state index in [9.17, 15) is 0 Å². The van der Waals surface area contributed by atoms with E-state index in [4.69, 9.17) is 9.47 Å². The van der Waals surface area contributed by atoms with Crippen LogP contribution in [-0.2, 0) is 6.54 Å². The molecule has 1 aliphatic rings. The summed E-state index contributed by atoms with van der Waals surface area (Å²) in [6, 6.07) is 6.60. The molecule has 0 heterocycles. The molecule has 5 heteroatoms. The molecular weight excluding hydrogens is 290 g/mol. The first-order valence-electron chi connectivity index (χ1n) is 8.53. The fraction of sp³-hybridized carbons (Fsp3) is 0.611. The zero-order valence-electron chi connectivity index (χ0n) is 14.5. The molecule has 1 aromatic rings. The van der Waals surface area contributed by atoms with E-state index in [2.05, 4.69) is 28.6 Å². The fourth-order valence-electron chi connectivity index (χ4n) is 2.80. The molecule has 0 saturated heterocycles. The van der Waals surface area contributed by atoms with Gasteiger partial charge in [0, 0.05) is 19.6 Å². The average molecular weight is 319 g/mol. The number of benzene rings is 1. The first-order valence-corrected chi connectivity index (χ1v) is 8.53. The first-order chi connectivity index (χ1) is 11.3. The second-order valence-corrected chi connectivity index (χ2v) is 5.89. The third-order valence-electron chi connectivity index (χ3n) is 4.07. The highest BCUT2D eigenvalue weighted by molar-refractivity contribution is 5.80. The maximum atomic E-state index is 5.69. The van der Waals surface area contributed by atoms with Gasteiger partial charge in [0.1, 0.15) is 0 Å². The van der Waals surface area contributed by atoms with Gasteiger partial charge in [-0.2, -0.15) is 0 Å². The molecule has 2 N–H and O–H groups in total. The minimum atomic E-state index is 0.556. The topological polar surface area (TPSA) is 54.9 Å². The molecule has 0 aliphatic heterocycles. The predicted molar refractivity (Wildman–Crippen MR) is 94.4 cm³/mol. The van der Waals surface area contributed by atoms with E-state index in [-0.39, 0.29) is 0 Å². The highest BCUT2D eigenvalue weighted by Crippen LogP contribution is 2.28. The lowest BCUT2D eigenvalue weighted by Crippen LogP contribution is -2.41. The van der Waals surface area contributed by atoms with Gasteiger partial charge in [0.2, 0.25) is 0 Å². The highest BCUT2D eigenvalue weighted by atomic mass is 16.5. The van der Waals surface area contributed by atoms with Crippen LogP contribution in [0.5, 0.6) is 11.5 Å². The number of hydrogen-bond acceptors (Lipinski definition) is 3. The minimum Gasteiger partial charge on any atom is -0.493 e. The van der Waals surface area contributed by atoms with Crippen molar-refractivity contribution in [3.05, 3.63) is 23.8 Å². The van der Waals surface area contributed by atoms with Gasteiger partial charge in [-0.25, -0.2) is 0 Å². The number of hydrogen-bond donors (Lipinski definition) is 2. The van der Waals surface area contributed by atoms with E-state index < -0.39 is 0 Å². The smallest absolute Gasteiger partial charge is 0.191 e. The van der Waals surface area contributed by atoms with E-state index in [1.807, 2.05) is 19.2 Å². The van der Waals surface area contributed by atoms with Crippen molar-refractivity contribution >= 4 is 5.96 Å². The molecule has 0 amide bonds. The summed E-state index contributed by atoms with van der Waals surface area (Å²) in [5.74, 6) is 2.44. The molecule has 2 rings (SSSR count). The first kappa shape index (κ1) is 17.4. The summed E-state index contributed by atoms with van der Waals surface area (Å²) >= 11 is 0. The monoisotopic (exact) mass is 319 g/mol. The van der Waals surface area contributed by atoms with Crippen molar-refractivity contribution < 1.29 is 9.47 Å². The Labute approximate surface area is 139 Å². The van der Waals surface area contributed by atoms with Crippen LogP contribution in [0, 0.1) is 0 Å². The Morgan fingerprint density at radius 3 is 2.70 bits per heavy atom. The van der Waals surface area contributed by atoms with Gasteiger partial charge in [-0.1, -0.05) is 25.8 Å². The second kappa shape index (κ2) is 9.28.